The van der Waals surface area contributed by atoms with Crippen molar-refractivity contribution in [3.8, 4) is 11.5 Å². The van der Waals surface area contributed by atoms with Crippen LogP contribution < -0.4 is 25.4 Å². The first kappa shape index (κ1) is 35.4. The maximum Gasteiger partial charge on any atom is 0.323 e. The highest BCUT2D eigenvalue weighted by atomic mass is 16.5. The van der Waals surface area contributed by atoms with E-state index in [1.807, 2.05) is 31.2 Å². The number of carbonyl (C=O) groups excluding carboxylic acids is 4. The summed E-state index contributed by atoms with van der Waals surface area (Å²) in [6.45, 7) is 2.37. The van der Waals surface area contributed by atoms with Crippen LogP contribution in [0.3, 0.4) is 0 Å². The van der Waals surface area contributed by atoms with Crippen LogP contribution in [-0.2, 0) is 30.3 Å². The fourth-order valence-corrected chi connectivity index (χ4v) is 4.67. The van der Waals surface area contributed by atoms with Gasteiger partial charge in [-0.05, 0) is 60.4 Å². The highest BCUT2D eigenvalue weighted by Crippen LogP contribution is 2.31. The lowest BCUT2D eigenvalue weighted by molar-refractivity contribution is -0.142. The van der Waals surface area contributed by atoms with Gasteiger partial charge in [-0.1, -0.05) is 36.4 Å². The quantitative estimate of drug-likeness (QED) is 0.155. The van der Waals surface area contributed by atoms with E-state index in [9.17, 15) is 19.2 Å². The fraction of sp³-hybridized carbons (Fsp3) is 0.353. The summed E-state index contributed by atoms with van der Waals surface area (Å²) in [7, 11) is 5.84. The van der Waals surface area contributed by atoms with Crippen LogP contribution in [0.5, 0.6) is 11.5 Å². The molecule has 0 saturated heterocycles. The van der Waals surface area contributed by atoms with Gasteiger partial charge in [0.05, 0.1) is 46.8 Å². The van der Waals surface area contributed by atoms with Gasteiger partial charge in [0, 0.05) is 31.6 Å². The predicted octanol–water partition coefficient (Wildman–Crippen LogP) is 4.48. The Morgan fingerprint density at radius 3 is 2.22 bits per heavy atom. The molecule has 0 bridgehead atoms. The number of hydrogen-bond acceptors (Lipinski definition) is 8. The fourth-order valence-electron chi connectivity index (χ4n) is 4.67. The number of carbonyl (C=O) groups is 4. The average molecular weight is 635 g/mol. The molecule has 0 radical (unpaired) electrons. The highest BCUT2D eigenvalue weighted by molar-refractivity contribution is 6.00. The summed E-state index contributed by atoms with van der Waals surface area (Å²) in [5, 5.41) is 8.46. The number of methoxy groups -OCH3 is 4. The van der Waals surface area contributed by atoms with Crippen molar-refractivity contribution in [2.45, 2.75) is 32.2 Å². The van der Waals surface area contributed by atoms with Crippen LogP contribution in [0.1, 0.15) is 35.6 Å². The second-order valence-corrected chi connectivity index (χ2v) is 10.4. The Hall–Kier alpha value is -5.10. The van der Waals surface area contributed by atoms with Crippen molar-refractivity contribution < 1.29 is 38.1 Å². The number of benzene rings is 3. The molecule has 4 amide bonds. The summed E-state index contributed by atoms with van der Waals surface area (Å²) < 4.78 is 20.7. The summed E-state index contributed by atoms with van der Waals surface area (Å²) in [6, 6.07) is 18.3. The van der Waals surface area contributed by atoms with Gasteiger partial charge in [-0.3, -0.25) is 14.4 Å². The molecule has 0 aliphatic rings. The number of para-hydroxylation sites is 1. The number of amides is 4. The Balaban J connectivity index is 1.67. The first-order chi connectivity index (χ1) is 22.2. The predicted molar refractivity (Wildman–Crippen MR) is 174 cm³/mol. The van der Waals surface area contributed by atoms with Crippen molar-refractivity contribution in [1.29, 1.82) is 0 Å². The second kappa shape index (κ2) is 18.0. The zero-order chi connectivity index (χ0) is 33.5. The molecule has 0 aromatic heterocycles. The minimum Gasteiger partial charge on any atom is -0.493 e. The molecule has 246 valence electrons. The maximum absolute atomic E-state index is 13.4. The first-order valence-corrected chi connectivity index (χ1v) is 14.7. The van der Waals surface area contributed by atoms with Gasteiger partial charge >= 0.3 is 12.0 Å². The topological polar surface area (TPSA) is 145 Å². The van der Waals surface area contributed by atoms with Crippen LogP contribution in [0.25, 0.3) is 0 Å². The summed E-state index contributed by atoms with van der Waals surface area (Å²) in [6.07, 6.45) is 0.436. The number of hydrogen-bond donors (Lipinski definition) is 3. The van der Waals surface area contributed by atoms with E-state index in [2.05, 4.69) is 16.0 Å². The summed E-state index contributed by atoms with van der Waals surface area (Å²) in [5.41, 5.74) is 3.52. The molecule has 0 aliphatic carbocycles. The van der Waals surface area contributed by atoms with Crippen LogP contribution in [0.15, 0.2) is 66.7 Å². The molecule has 0 saturated carbocycles. The van der Waals surface area contributed by atoms with Crippen LogP contribution in [-0.4, -0.2) is 76.9 Å². The van der Waals surface area contributed by atoms with Gasteiger partial charge in [-0.25, -0.2) is 4.79 Å². The van der Waals surface area contributed by atoms with Crippen molar-refractivity contribution in [2.24, 2.45) is 0 Å². The van der Waals surface area contributed by atoms with Crippen LogP contribution in [0.4, 0.5) is 16.2 Å². The normalized spacial score (nSPS) is 11.2. The molecular weight excluding hydrogens is 592 g/mol. The molecule has 12 heteroatoms. The molecule has 46 heavy (non-hydrogen) atoms. The second-order valence-electron chi connectivity index (χ2n) is 10.4. The molecule has 1 atom stereocenters. The average Bonchev–Trinajstić information content (AvgIpc) is 3.05. The Labute approximate surface area is 269 Å². The minimum absolute atomic E-state index is 0.0389. The number of ether oxygens (including phenoxy) is 4. The number of aryl methyl sites for hydroxylation is 1. The van der Waals surface area contributed by atoms with Gasteiger partial charge in [0.25, 0.3) is 0 Å². The van der Waals surface area contributed by atoms with E-state index in [1.165, 1.54) is 26.2 Å². The van der Waals surface area contributed by atoms with E-state index in [1.54, 1.807) is 49.6 Å². The molecular formula is C34H42N4O8. The van der Waals surface area contributed by atoms with Gasteiger partial charge in [-0.15, -0.1) is 0 Å². The Morgan fingerprint density at radius 1 is 0.848 bits per heavy atom. The number of urea groups is 1. The molecule has 3 N–H and O–H groups in total. The molecule has 0 heterocycles. The zero-order valence-electron chi connectivity index (χ0n) is 26.9. The standard InChI is InChI=1S/C34H42N4O8/c1-23-9-6-7-10-27(23)37-34(42)35-26-14-11-24(12-15-26)19-32(40)38(17-8-18-43-2)22-31(39)36-28(21-33(41)46-5)25-13-16-29(44-3)30(20-25)45-4/h6-7,9-16,20,28H,8,17-19,21-22H2,1-5H3,(H,36,39)(H2,35,37,42)/t28-/m0/s1. The summed E-state index contributed by atoms with van der Waals surface area (Å²) >= 11 is 0. The van der Waals surface area contributed by atoms with Gasteiger partial charge in [0.15, 0.2) is 11.5 Å². The van der Waals surface area contributed by atoms with E-state index in [0.717, 1.165) is 5.56 Å². The lowest BCUT2D eigenvalue weighted by Gasteiger charge is -2.25. The number of anilines is 2. The molecule has 0 spiro atoms. The Bertz CT molecular complexity index is 1480. The monoisotopic (exact) mass is 634 g/mol. The van der Waals surface area contributed by atoms with Gasteiger partial charge < -0.3 is 39.8 Å². The van der Waals surface area contributed by atoms with Crippen molar-refractivity contribution in [3.05, 3.63) is 83.4 Å². The lowest BCUT2D eigenvalue weighted by atomic mass is 10.0. The largest absolute Gasteiger partial charge is 0.493 e. The van der Waals surface area contributed by atoms with E-state index in [0.29, 0.717) is 47.0 Å². The number of rotatable bonds is 16. The number of esters is 1. The molecule has 3 aromatic carbocycles. The minimum atomic E-state index is -0.737. The molecule has 0 unspecified atom stereocenters. The van der Waals surface area contributed by atoms with Crippen molar-refractivity contribution in [2.75, 3.05) is 58.8 Å². The zero-order valence-corrected chi connectivity index (χ0v) is 26.9. The first-order valence-electron chi connectivity index (χ1n) is 14.7. The van der Waals surface area contributed by atoms with Crippen molar-refractivity contribution in [3.63, 3.8) is 0 Å². The van der Waals surface area contributed by atoms with E-state index in [-0.39, 0.29) is 37.9 Å². The van der Waals surface area contributed by atoms with Gasteiger partial charge in [0.1, 0.15) is 0 Å². The van der Waals surface area contributed by atoms with Gasteiger partial charge in [0.2, 0.25) is 11.8 Å². The maximum atomic E-state index is 13.4. The third kappa shape index (κ3) is 10.8. The molecule has 3 aromatic rings. The Morgan fingerprint density at radius 2 is 1.57 bits per heavy atom. The summed E-state index contributed by atoms with van der Waals surface area (Å²) in [4.78, 5) is 52.8. The van der Waals surface area contributed by atoms with Crippen LogP contribution in [0.2, 0.25) is 0 Å². The van der Waals surface area contributed by atoms with E-state index >= 15 is 0 Å². The molecule has 12 nitrogen and oxygen atoms in total. The third-order valence-corrected chi connectivity index (χ3v) is 7.17. The molecule has 3 rings (SSSR count). The molecule has 0 aliphatic heterocycles. The number of nitrogens with one attached hydrogen (secondary N) is 3. The van der Waals surface area contributed by atoms with Crippen LogP contribution >= 0.6 is 0 Å². The van der Waals surface area contributed by atoms with E-state index in [4.69, 9.17) is 18.9 Å². The van der Waals surface area contributed by atoms with Crippen molar-refractivity contribution in [1.82, 2.24) is 10.2 Å². The SMILES string of the molecule is COCCCN(CC(=O)N[C@@H](CC(=O)OC)c1ccc(OC)c(OC)c1)C(=O)Cc1ccc(NC(=O)Nc2ccccc2C)cc1. The Kier molecular flexibility index (Phi) is 13.9. The lowest BCUT2D eigenvalue weighted by Crippen LogP contribution is -2.43. The third-order valence-electron chi connectivity index (χ3n) is 7.17. The van der Waals surface area contributed by atoms with Crippen molar-refractivity contribution >= 4 is 35.2 Å². The number of nitrogens with zero attached hydrogens (tertiary/aromatic N) is 1. The molecule has 0 fully saturated rings. The van der Waals surface area contributed by atoms with Crippen LogP contribution in [0, 0.1) is 6.92 Å². The van der Waals surface area contributed by atoms with E-state index < -0.39 is 17.9 Å². The summed E-state index contributed by atoms with van der Waals surface area (Å²) in [5.74, 6) is -0.292. The van der Waals surface area contributed by atoms with Gasteiger partial charge in [-0.2, -0.15) is 0 Å². The highest BCUT2D eigenvalue weighted by Gasteiger charge is 2.24. The smallest absolute Gasteiger partial charge is 0.323 e.